The summed E-state index contributed by atoms with van der Waals surface area (Å²) < 4.78 is 33.6. The summed E-state index contributed by atoms with van der Waals surface area (Å²) in [6.45, 7) is 4.26. The van der Waals surface area contributed by atoms with Crippen LogP contribution in [-0.4, -0.2) is 100 Å². The van der Waals surface area contributed by atoms with Crippen LogP contribution in [0.2, 0.25) is 0 Å². The Kier molecular flexibility index (Phi) is 5.11. The standard InChI is InChI=1S/C19H28N4O4S/c1-20(2)9-10-23-19(16-5-3-4-6-17(16)28(23,25)26)7-8-22(15-19)18(24)21-11-13-27-14-12-21/h3-6H,7-15H2,1-2H3. The van der Waals surface area contributed by atoms with Crippen LogP contribution in [0.4, 0.5) is 4.79 Å². The summed E-state index contributed by atoms with van der Waals surface area (Å²) in [4.78, 5) is 19.0. The molecule has 0 aromatic heterocycles. The topological polar surface area (TPSA) is 73.4 Å². The molecule has 3 aliphatic heterocycles. The van der Waals surface area contributed by atoms with Crippen molar-refractivity contribution < 1.29 is 17.9 Å². The Morgan fingerprint density at radius 2 is 1.86 bits per heavy atom. The van der Waals surface area contributed by atoms with Gasteiger partial charge in [0.25, 0.3) is 0 Å². The van der Waals surface area contributed by atoms with Gasteiger partial charge in [-0.25, -0.2) is 13.2 Å². The summed E-state index contributed by atoms with van der Waals surface area (Å²) in [5.41, 5.74) is 0.152. The highest BCUT2D eigenvalue weighted by molar-refractivity contribution is 7.89. The molecule has 1 aromatic carbocycles. The van der Waals surface area contributed by atoms with E-state index in [4.69, 9.17) is 4.74 Å². The van der Waals surface area contributed by atoms with Gasteiger partial charge in [-0.1, -0.05) is 18.2 Å². The van der Waals surface area contributed by atoms with Gasteiger partial charge in [0.05, 0.1) is 23.6 Å². The highest BCUT2D eigenvalue weighted by Gasteiger charge is 2.57. The second-order valence-electron chi connectivity index (χ2n) is 7.96. The predicted octanol–water partition coefficient (Wildman–Crippen LogP) is 0.606. The van der Waals surface area contributed by atoms with E-state index in [2.05, 4.69) is 0 Å². The zero-order valence-electron chi connectivity index (χ0n) is 16.5. The molecule has 0 N–H and O–H groups in total. The minimum Gasteiger partial charge on any atom is -0.378 e. The van der Waals surface area contributed by atoms with Crippen LogP contribution >= 0.6 is 0 Å². The molecule has 2 fully saturated rings. The predicted molar refractivity (Wildman–Crippen MR) is 105 cm³/mol. The summed E-state index contributed by atoms with van der Waals surface area (Å²) in [6, 6.07) is 7.23. The quantitative estimate of drug-likeness (QED) is 0.733. The number of nitrogens with zero attached hydrogens (tertiary/aromatic N) is 4. The highest BCUT2D eigenvalue weighted by atomic mass is 32.2. The monoisotopic (exact) mass is 408 g/mol. The van der Waals surface area contributed by atoms with Crippen molar-refractivity contribution in [3.05, 3.63) is 29.8 Å². The van der Waals surface area contributed by atoms with Gasteiger partial charge in [0, 0.05) is 39.3 Å². The lowest BCUT2D eigenvalue weighted by Crippen LogP contribution is -2.51. The van der Waals surface area contributed by atoms with Crippen LogP contribution in [-0.2, 0) is 20.3 Å². The number of fused-ring (bicyclic) bond motifs is 2. The van der Waals surface area contributed by atoms with Gasteiger partial charge >= 0.3 is 6.03 Å². The second-order valence-corrected chi connectivity index (χ2v) is 9.79. The van der Waals surface area contributed by atoms with Gasteiger partial charge in [0.15, 0.2) is 0 Å². The second kappa shape index (κ2) is 7.29. The number of likely N-dealkylation sites (tertiary alicyclic amines) is 1. The lowest BCUT2D eigenvalue weighted by molar-refractivity contribution is 0.0439. The molecule has 2 saturated heterocycles. The number of carbonyl (C=O) groups excluding carboxylic acids is 1. The molecule has 0 aliphatic carbocycles. The fourth-order valence-electron chi connectivity index (χ4n) is 4.52. The summed E-state index contributed by atoms with van der Waals surface area (Å²) >= 11 is 0. The summed E-state index contributed by atoms with van der Waals surface area (Å²) in [7, 11) is 0.299. The van der Waals surface area contributed by atoms with Crippen LogP contribution in [0.15, 0.2) is 29.2 Å². The number of sulfonamides is 1. The zero-order chi connectivity index (χ0) is 19.9. The Balaban J connectivity index is 1.66. The number of hydrogen-bond acceptors (Lipinski definition) is 5. The fourth-order valence-corrected chi connectivity index (χ4v) is 6.57. The van der Waals surface area contributed by atoms with Crippen molar-refractivity contribution in [1.82, 2.24) is 19.0 Å². The number of morpholine rings is 1. The summed E-state index contributed by atoms with van der Waals surface area (Å²) in [6.07, 6.45) is 0.618. The molecule has 0 bridgehead atoms. The molecule has 0 radical (unpaired) electrons. The average molecular weight is 409 g/mol. The smallest absolute Gasteiger partial charge is 0.320 e. The van der Waals surface area contributed by atoms with E-state index in [1.165, 1.54) is 0 Å². The van der Waals surface area contributed by atoms with E-state index in [1.807, 2.05) is 40.9 Å². The average Bonchev–Trinajstić information content (AvgIpc) is 3.20. The van der Waals surface area contributed by atoms with Gasteiger partial charge in [-0.15, -0.1) is 0 Å². The number of amides is 2. The third-order valence-electron chi connectivity index (χ3n) is 5.98. The van der Waals surface area contributed by atoms with Crippen molar-refractivity contribution in [3.8, 4) is 0 Å². The molecule has 1 spiro atoms. The molecular weight excluding hydrogens is 380 g/mol. The molecule has 2 amide bonds. The van der Waals surface area contributed by atoms with Gasteiger partial charge in [-0.05, 0) is 32.1 Å². The van der Waals surface area contributed by atoms with Crippen molar-refractivity contribution in [2.45, 2.75) is 16.9 Å². The van der Waals surface area contributed by atoms with Crippen LogP contribution < -0.4 is 0 Å². The molecule has 1 aromatic rings. The molecule has 3 aliphatic rings. The number of likely N-dealkylation sites (N-methyl/N-ethyl adjacent to an activating group) is 1. The Morgan fingerprint density at radius 1 is 1.14 bits per heavy atom. The molecule has 9 heteroatoms. The molecular formula is C19H28N4O4S. The third-order valence-corrected chi connectivity index (χ3v) is 8.01. The molecule has 4 rings (SSSR count). The first-order chi connectivity index (χ1) is 13.4. The van der Waals surface area contributed by atoms with Gasteiger partial charge in [-0.3, -0.25) is 0 Å². The van der Waals surface area contributed by atoms with E-state index in [0.717, 1.165) is 5.56 Å². The first kappa shape index (κ1) is 19.6. The number of carbonyl (C=O) groups is 1. The Labute approximate surface area is 166 Å². The van der Waals surface area contributed by atoms with E-state index in [9.17, 15) is 13.2 Å². The number of hydrogen-bond donors (Lipinski definition) is 0. The Morgan fingerprint density at radius 3 is 2.57 bits per heavy atom. The van der Waals surface area contributed by atoms with Crippen LogP contribution in [0, 0.1) is 0 Å². The van der Waals surface area contributed by atoms with E-state index in [-0.39, 0.29) is 6.03 Å². The van der Waals surface area contributed by atoms with Crippen LogP contribution in [0.25, 0.3) is 0 Å². The van der Waals surface area contributed by atoms with Gasteiger partial charge in [0.2, 0.25) is 10.0 Å². The number of ether oxygens (including phenoxy) is 1. The summed E-state index contributed by atoms with van der Waals surface area (Å²) in [5.74, 6) is 0. The van der Waals surface area contributed by atoms with Crippen molar-refractivity contribution in [1.29, 1.82) is 0 Å². The van der Waals surface area contributed by atoms with E-state index < -0.39 is 15.6 Å². The molecule has 1 unspecified atom stereocenters. The largest absolute Gasteiger partial charge is 0.378 e. The number of rotatable bonds is 3. The van der Waals surface area contributed by atoms with Crippen molar-refractivity contribution in [2.24, 2.45) is 0 Å². The normalized spacial score (nSPS) is 27.0. The van der Waals surface area contributed by atoms with Gasteiger partial charge < -0.3 is 19.4 Å². The van der Waals surface area contributed by atoms with Crippen molar-refractivity contribution in [2.75, 3.05) is 66.6 Å². The SMILES string of the molecule is CN(C)CCN1C2(CCN(C(=O)N3CCOCC3)C2)c2ccccc2S1(=O)=O. The minimum atomic E-state index is -3.57. The van der Waals surface area contributed by atoms with E-state index in [1.54, 1.807) is 16.4 Å². The van der Waals surface area contributed by atoms with Crippen LogP contribution in [0.5, 0.6) is 0 Å². The highest BCUT2D eigenvalue weighted by Crippen LogP contribution is 2.49. The van der Waals surface area contributed by atoms with E-state index in [0.29, 0.717) is 63.8 Å². The summed E-state index contributed by atoms with van der Waals surface area (Å²) in [5, 5.41) is 0. The number of benzene rings is 1. The van der Waals surface area contributed by atoms with Crippen molar-refractivity contribution in [3.63, 3.8) is 0 Å². The first-order valence-corrected chi connectivity index (χ1v) is 11.2. The Bertz CT molecular complexity index is 853. The van der Waals surface area contributed by atoms with Gasteiger partial charge in [-0.2, -0.15) is 4.31 Å². The first-order valence-electron chi connectivity index (χ1n) is 9.75. The van der Waals surface area contributed by atoms with Crippen molar-refractivity contribution >= 4 is 16.1 Å². The van der Waals surface area contributed by atoms with Gasteiger partial charge in [0.1, 0.15) is 0 Å². The molecule has 154 valence electrons. The van der Waals surface area contributed by atoms with Crippen LogP contribution in [0.1, 0.15) is 12.0 Å². The maximum absolute atomic E-state index is 13.3. The fraction of sp³-hybridized carbons (Fsp3) is 0.632. The minimum absolute atomic E-state index is 0.0190. The lowest BCUT2D eigenvalue weighted by Gasteiger charge is -2.36. The lowest BCUT2D eigenvalue weighted by atomic mass is 9.89. The molecule has 1 atom stereocenters. The Hall–Kier alpha value is -1.68. The zero-order valence-corrected chi connectivity index (χ0v) is 17.3. The molecule has 3 heterocycles. The maximum atomic E-state index is 13.3. The molecule has 28 heavy (non-hydrogen) atoms. The molecule has 8 nitrogen and oxygen atoms in total. The van der Waals surface area contributed by atoms with E-state index >= 15 is 0 Å². The van der Waals surface area contributed by atoms with Crippen LogP contribution in [0.3, 0.4) is 0 Å². The molecule has 0 saturated carbocycles. The maximum Gasteiger partial charge on any atom is 0.320 e. The number of urea groups is 1. The third kappa shape index (κ3) is 3.10.